The van der Waals surface area contributed by atoms with Gasteiger partial charge in [-0.2, -0.15) is 0 Å². The Balaban J connectivity index is 1.64. The van der Waals surface area contributed by atoms with Gasteiger partial charge in [0, 0.05) is 24.5 Å². The molecule has 0 radical (unpaired) electrons. The minimum Gasteiger partial charge on any atom is -0.491 e. The molecule has 0 saturated heterocycles. The van der Waals surface area contributed by atoms with Gasteiger partial charge < -0.3 is 19.5 Å². The van der Waals surface area contributed by atoms with Crippen molar-refractivity contribution in [2.45, 2.75) is 6.92 Å². The zero-order chi connectivity index (χ0) is 19.9. The van der Waals surface area contributed by atoms with Crippen molar-refractivity contribution in [1.82, 2.24) is 0 Å². The number of benzene rings is 3. The van der Waals surface area contributed by atoms with Crippen LogP contribution in [-0.4, -0.2) is 32.2 Å². The second-order valence-electron chi connectivity index (χ2n) is 6.05. The molecule has 0 spiro atoms. The summed E-state index contributed by atoms with van der Waals surface area (Å²) < 4.78 is 15.7. The first-order valence-corrected chi connectivity index (χ1v) is 8.83. The van der Waals surface area contributed by atoms with E-state index < -0.39 is 11.9 Å². The lowest BCUT2D eigenvalue weighted by Crippen LogP contribution is -2.13. The van der Waals surface area contributed by atoms with Crippen molar-refractivity contribution < 1.29 is 23.8 Å². The molecule has 0 unspecified atom stereocenters. The molecule has 3 rings (SSSR count). The summed E-state index contributed by atoms with van der Waals surface area (Å²) in [6.07, 6.45) is 0. The van der Waals surface area contributed by atoms with Crippen molar-refractivity contribution in [3.05, 3.63) is 66.2 Å². The molecule has 0 saturated carbocycles. The third kappa shape index (κ3) is 4.59. The quantitative estimate of drug-likeness (QED) is 0.379. The highest BCUT2D eigenvalue weighted by Gasteiger charge is 2.15. The molecule has 3 aromatic rings. The van der Waals surface area contributed by atoms with Crippen LogP contribution in [0, 0.1) is 0 Å². The zero-order valence-electron chi connectivity index (χ0n) is 15.7. The number of nitrogens with one attached hydrogen (secondary N) is 1. The van der Waals surface area contributed by atoms with Crippen LogP contribution in [-0.2, 0) is 9.53 Å². The Hall–Kier alpha value is -3.54. The fourth-order valence-corrected chi connectivity index (χ4v) is 2.83. The Morgan fingerprint density at radius 2 is 1.75 bits per heavy atom. The number of hydrogen-bond donors (Lipinski definition) is 1. The van der Waals surface area contributed by atoms with Gasteiger partial charge in [-0.15, -0.1) is 0 Å². The van der Waals surface area contributed by atoms with Crippen LogP contribution < -0.4 is 14.8 Å². The number of anilines is 1. The Kier molecular flexibility index (Phi) is 6.11. The second kappa shape index (κ2) is 8.90. The summed E-state index contributed by atoms with van der Waals surface area (Å²) in [5.74, 6) is -0.0986. The van der Waals surface area contributed by atoms with Crippen LogP contribution in [0.2, 0.25) is 0 Å². The normalized spacial score (nSPS) is 10.4. The number of fused-ring (bicyclic) bond motifs is 1. The zero-order valence-corrected chi connectivity index (χ0v) is 15.7. The number of methoxy groups -OCH3 is 1. The Morgan fingerprint density at radius 1 is 0.964 bits per heavy atom. The van der Waals surface area contributed by atoms with Gasteiger partial charge in [-0.05, 0) is 29.7 Å². The maximum atomic E-state index is 11.9. The van der Waals surface area contributed by atoms with Crippen molar-refractivity contribution in [3.63, 3.8) is 0 Å². The first kappa shape index (κ1) is 19.2. The number of carbonyl (C=O) groups is 2. The number of esters is 2. The molecule has 1 N–H and O–H groups in total. The van der Waals surface area contributed by atoms with Gasteiger partial charge in [0.1, 0.15) is 23.7 Å². The monoisotopic (exact) mass is 379 g/mol. The van der Waals surface area contributed by atoms with Crippen molar-refractivity contribution in [3.8, 4) is 11.5 Å². The fourth-order valence-electron chi connectivity index (χ4n) is 2.83. The number of carbonyl (C=O) groups excluding carboxylic acids is 2. The summed E-state index contributed by atoms with van der Waals surface area (Å²) in [4.78, 5) is 23.1. The number of rotatable bonds is 7. The van der Waals surface area contributed by atoms with Crippen LogP contribution >= 0.6 is 0 Å². The second-order valence-corrected chi connectivity index (χ2v) is 6.05. The summed E-state index contributed by atoms with van der Waals surface area (Å²) in [6.45, 7) is 2.24. The van der Waals surface area contributed by atoms with Gasteiger partial charge in [-0.1, -0.05) is 36.4 Å². The van der Waals surface area contributed by atoms with Gasteiger partial charge in [0.15, 0.2) is 0 Å². The molecule has 3 aromatic carbocycles. The van der Waals surface area contributed by atoms with Crippen molar-refractivity contribution in [1.29, 1.82) is 0 Å². The molecule has 6 nitrogen and oxygen atoms in total. The molecular weight excluding hydrogens is 358 g/mol. The van der Waals surface area contributed by atoms with Crippen LogP contribution in [0.3, 0.4) is 0 Å². The van der Waals surface area contributed by atoms with Gasteiger partial charge >= 0.3 is 11.9 Å². The smallest absolute Gasteiger partial charge is 0.341 e. The summed E-state index contributed by atoms with van der Waals surface area (Å²) in [7, 11) is 1.28. The van der Waals surface area contributed by atoms with Gasteiger partial charge in [-0.25, -0.2) is 4.79 Å². The molecule has 0 bridgehead atoms. The molecule has 144 valence electrons. The Morgan fingerprint density at radius 3 is 2.54 bits per heavy atom. The average Bonchev–Trinajstić information content (AvgIpc) is 2.71. The minimum atomic E-state index is -0.577. The molecule has 0 heterocycles. The summed E-state index contributed by atoms with van der Waals surface area (Å²) in [5, 5.41) is 5.37. The van der Waals surface area contributed by atoms with Crippen LogP contribution in [0.1, 0.15) is 17.3 Å². The largest absolute Gasteiger partial charge is 0.491 e. The van der Waals surface area contributed by atoms with E-state index in [1.165, 1.54) is 14.0 Å². The highest BCUT2D eigenvalue weighted by atomic mass is 16.5. The highest BCUT2D eigenvalue weighted by molar-refractivity contribution is 5.94. The first-order chi connectivity index (χ1) is 13.6. The Labute approximate surface area is 163 Å². The molecule has 0 amide bonds. The third-order valence-corrected chi connectivity index (χ3v) is 4.08. The molecular formula is C22H21NO5. The van der Waals surface area contributed by atoms with Gasteiger partial charge in [0.2, 0.25) is 0 Å². The van der Waals surface area contributed by atoms with E-state index in [1.807, 2.05) is 42.5 Å². The third-order valence-electron chi connectivity index (χ3n) is 4.08. The number of hydrogen-bond acceptors (Lipinski definition) is 6. The molecule has 0 aliphatic heterocycles. The van der Waals surface area contributed by atoms with Crippen LogP contribution in [0.25, 0.3) is 10.8 Å². The van der Waals surface area contributed by atoms with Gasteiger partial charge in [0.25, 0.3) is 0 Å². The van der Waals surface area contributed by atoms with Crippen molar-refractivity contribution in [2.24, 2.45) is 0 Å². The van der Waals surface area contributed by atoms with Crippen LogP contribution in [0.5, 0.6) is 11.5 Å². The van der Waals surface area contributed by atoms with Crippen molar-refractivity contribution in [2.75, 3.05) is 25.6 Å². The first-order valence-electron chi connectivity index (χ1n) is 8.83. The lowest BCUT2D eigenvalue weighted by molar-refractivity contribution is -0.131. The van der Waals surface area contributed by atoms with Gasteiger partial charge in [0.05, 0.1) is 7.11 Å². The minimum absolute atomic E-state index is 0.164. The molecule has 28 heavy (non-hydrogen) atoms. The summed E-state index contributed by atoms with van der Waals surface area (Å²) >= 11 is 0. The summed E-state index contributed by atoms with van der Waals surface area (Å²) in [6, 6.07) is 18.8. The number of ether oxygens (including phenoxy) is 3. The molecule has 0 atom stereocenters. The molecule has 0 aliphatic carbocycles. The van der Waals surface area contributed by atoms with Crippen molar-refractivity contribution >= 4 is 28.4 Å². The van der Waals surface area contributed by atoms with E-state index in [-0.39, 0.29) is 11.3 Å². The Bertz CT molecular complexity index is 994. The standard InChI is InChI=1S/C22H21NO5/c1-15(24)28-21-11-10-17(14-19(21)22(25)26-2)23-12-13-27-20-9-5-7-16-6-3-4-8-18(16)20/h3-11,14,23H,12-13H2,1-2H3. The average molecular weight is 379 g/mol. The topological polar surface area (TPSA) is 73.9 Å². The lowest BCUT2D eigenvalue weighted by Gasteiger charge is -2.13. The van der Waals surface area contributed by atoms with Crippen LogP contribution in [0.15, 0.2) is 60.7 Å². The molecule has 6 heteroatoms. The van der Waals surface area contributed by atoms with E-state index >= 15 is 0 Å². The van der Waals surface area contributed by atoms with E-state index in [4.69, 9.17) is 14.2 Å². The molecule has 0 aliphatic rings. The molecule has 0 aromatic heterocycles. The highest BCUT2D eigenvalue weighted by Crippen LogP contribution is 2.26. The fraction of sp³-hybridized carbons (Fsp3) is 0.182. The van der Waals surface area contributed by atoms with E-state index in [9.17, 15) is 9.59 Å². The maximum Gasteiger partial charge on any atom is 0.341 e. The van der Waals surface area contributed by atoms with E-state index in [1.54, 1.807) is 18.2 Å². The van der Waals surface area contributed by atoms with Crippen LogP contribution in [0.4, 0.5) is 5.69 Å². The lowest BCUT2D eigenvalue weighted by atomic mass is 10.1. The predicted octanol–water partition coefficient (Wildman–Crippen LogP) is 4.04. The summed E-state index contributed by atoms with van der Waals surface area (Å²) in [5.41, 5.74) is 0.871. The predicted molar refractivity (Wildman–Crippen MR) is 107 cm³/mol. The van der Waals surface area contributed by atoms with E-state index in [0.717, 1.165) is 16.5 Å². The van der Waals surface area contributed by atoms with E-state index in [0.29, 0.717) is 18.8 Å². The maximum absolute atomic E-state index is 11.9. The van der Waals surface area contributed by atoms with E-state index in [2.05, 4.69) is 5.32 Å². The molecule has 0 fully saturated rings. The SMILES string of the molecule is COC(=O)c1cc(NCCOc2cccc3ccccc23)ccc1OC(C)=O. The van der Waals surface area contributed by atoms with Gasteiger partial charge in [-0.3, -0.25) is 4.79 Å².